The minimum Gasteiger partial charge on any atom is -0.459 e. The fraction of sp³-hybridized carbons (Fsp3) is 0.375. The van der Waals surface area contributed by atoms with Crippen LogP contribution >= 0.6 is 0 Å². The molecule has 0 spiro atoms. The largest absolute Gasteiger partial charge is 0.459 e. The summed E-state index contributed by atoms with van der Waals surface area (Å²) >= 11 is 0. The maximum absolute atomic E-state index is 12.8. The molecule has 4 rings (SSSR count). The van der Waals surface area contributed by atoms with Crippen LogP contribution < -0.4 is 5.32 Å². The van der Waals surface area contributed by atoms with Crippen LogP contribution in [0, 0.1) is 0 Å². The zero-order valence-electron chi connectivity index (χ0n) is 18.0. The van der Waals surface area contributed by atoms with Gasteiger partial charge in [0.1, 0.15) is 18.8 Å². The van der Waals surface area contributed by atoms with Gasteiger partial charge in [-0.3, -0.25) is 4.79 Å². The summed E-state index contributed by atoms with van der Waals surface area (Å²) in [6.45, 7) is 1.91. The Morgan fingerprint density at radius 3 is 2.06 bits per heavy atom. The van der Waals surface area contributed by atoms with Crippen molar-refractivity contribution in [3.63, 3.8) is 0 Å². The number of nitrogens with one attached hydrogen (secondary N) is 1. The lowest BCUT2D eigenvalue weighted by Gasteiger charge is -2.26. The van der Waals surface area contributed by atoms with Crippen molar-refractivity contribution in [2.45, 2.75) is 37.6 Å². The van der Waals surface area contributed by atoms with Gasteiger partial charge in [-0.1, -0.05) is 36.4 Å². The molecule has 0 radical (unpaired) electrons. The lowest BCUT2D eigenvalue weighted by molar-refractivity contribution is -0.161. The van der Waals surface area contributed by atoms with Crippen molar-refractivity contribution in [2.75, 3.05) is 19.8 Å². The first-order valence-electron chi connectivity index (χ1n) is 10.7. The highest BCUT2D eigenvalue weighted by molar-refractivity contribution is 5.90. The van der Waals surface area contributed by atoms with Gasteiger partial charge in [-0.15, -0.1) is 0 Å². The summed E-state index contributed by atoms with van der Waals surface area (Å²) in [5.41, 5.74) is 0.739. The number of ether oxygens (including phenoxy) is 5. The molecule has 1 N–H and O–H groups in total. The summed E-state index contributed by atoms with van der Waals surface area (Å²) < 4.78 is 28.5. The molecule has 4 atom stereocenters. The average Bonchev–Trinajstić information content (AvgIpc) is 3.47. The molecule has 9 heteroatoms. The number of hydrogen-bond acceptors (Lipinski definition) is 8. The molecule has 33 heavy (non-hydrogen) atoms. The van der Waals surface area contributed by atoms with Gasteiger partial charge >= 0.3 is 11.9 Å². The van der Waals surface area contributed by atoms with Gasteiger partial charge in [-0.25, -0.2) is 9.59 Å². The second kappa shape index (κ2) is 10.6. The van der Waals surface area contributed by atoms with Crippen LogP contribution in [-0.2, 0) is 28.5 Å². The van der Waals surface area contributed by atoms with E-state index in [0.29, 0.717) is 24.3 Å². The second-order valence-electron chi connectivity index (χ2n) is 7.68. The number of esters is 2. The van der Waals surface area contributed by atoms with Crippen molar-refractivity contribution >= 4 is 17.8 Å². The molecule has 2 saturated heterocycles. The quantitative estimate of drug-likeness (QED) is 0.629. The van der Waals surface area contributed by atoms with Crippen LogP contribution in [0.5, 0.6) is 0 Å². The normalized spacial score (nSPS) is 24.9. The Morgan fingerprint density at radius 1 is 0.909 bits per heavy atom. The SMILES string of the molecule is CC(=O)N[C@@H]1[C@@H](OC(=O)c2ccccc2)[C@H](C2OCCO2)O[C@@H]1COC(=O)c1ccccc1. The molecular formula is C24H25NO8. The van der Waals surface area contributed by atoms with E-state index >= 15 is 0 Å². The van der Waals surface area contributed by atoms with E-state index in [1.165, 1.54) is 6.92 Å². The number of carbonyl (C=O) groups excluding carboxylic acids is 3. The molecule has 1 amide bonds. The molecule has 9 nitrogen and oxygen atoms in total. The smallest absolute Gasteiger partial charge is 0.338 e. The van der Waals surface area contributed by atoms with Crippen molar-refractivity contribution in [3.05, 3.63) is 71.8 Å². The third kappa shape index (κ3) is 5.57. The molecule has 2 aromatic carbocycles. The van der Waals surface area contributed by atoms with Crippen molar-refractivity contribution in [1.29, 1.82) is 0 Å². The molecule has 2 aromatic rings. The van der Waals surface area contributed by atoms with Crippen molar-refractivity contribution in [3.8, 4) is 0 Å². The summed E-state index contributed by atoms with van der Waals surface area (Å²) in [5.74, 6) is -1.46. The Hall–Kier alpha value is -3.27. The third-order valence-electron chi connectivity index (χ3n) is 5.34. The lowest BCUT2D eigenvalue weighted by Crippen LogP contribution is -2.51. The Balaban J connectivity index is 1.53. The van der Waals surface area contributed by atoms with E-state index in [2.05, 4.69) is 5.32 Å². The summed E-state index contributed by atoms with van der Waals surface area (Å²) in [4.78, 5) is 37.2. The van der Waals surface area contributed by atoms with Crippen molar-refractivity contribution in [1.82, 2.24) is 5.32 Å². The minimum absolute atomic E-state index is 0.165. The number of benzene rings is 2. The fourth-order valence-electron chi connectivity index (χ4n) is 3.84. The van der Waals surface area contributed by atoms with Crippen LogP contribution in [0.1, 0.15) is 27.6 Å². The maximum atomic E-state index is 12.8. The van der Waals surface area contributed by atoms with Crippen LogP contribution in [0.2, 0.25) is 0 Å². The molecule has 0 unspecified atom stereocenters. The highest BCUT2D eigenvalue weighted by atomic mass is 16.7. The number of hydrogen-bond donors (Lipinski definition) is 1. The first kappa shape index (κ1) is 22.9. The predicted molar refractivity (Wildman–Crippen MR) is 114 cm³/mol. The monoisotopic (exact) mass is 455 g/mol. The van der Waals surface area contributed by atoms with Gasteiger partial charge in [-0.05, 0) is 24.3 Å². The van der Waals surface area contributed by atoms with E-state index in [9.17, 15) is 14.4 Å². The van der Waals surface area contributed by atoms with E-state index < -0.39 is 42.6 Å². The summed E-state index contributed by atoms with van der Waals surface area (Å²) in [5, 5.41) is 2.77. The molecule has 0 aliphatic carbocycles. The first-order chi connectivity index (χ1) is 16.0. The maximum Gasteiger partial charge on any atom is 0.338 e. The summed E-state index contributed by atoms with van der Waals surface area (Å²) in [6, 6.07) is 16.2. The Bertz CT molecular complexity index is 961. The van der Waals surface area contributed by atoms with Gasteiger partial charge in [0.05, 0.1) is 30.4 Å². The van der Waals surface area contributed by atoms with Gasteiger partial charge in [-0.2, -0.15) is 0 Å². The summed E-state index contributed by atoms with van der Waals surface area (Å²) in [6.07, 6.45) is -3.32. The van der Waals surface area contributed by atoms with E-state index in [0.717, 1.165) is 0 Å². The molecular weight excluding hydrogens is 430 g/mol. The van der Waals surface area contributed by atoms with Crippen LogP contribution in [0.4, 0.5) is 0 Å². The van der Waals surface area contributed by atoms with Crippen LogP contribution in [0.15, 0.2) is 60.7 Å². The summed E-state index contributed by atoms with van der Waals surface area (Å²) in [7, 11) is 0. The molecule has 0 saturated carbocycles. The molecule has 0 bridgehead atoms. The standard InChI is InChI=1S/C24H25NO8/c1-15(26)25-19-18(14-31-22(27)16-8-4-2-5-9-16)32-21(24-29-12-13-30-24)20(19)33-23(28)17-10-6-3-7-11-17/h2-11,18-21,24H,12-14H2,1H3,(H,25,26)/t18-,19+,20-,21-/m1/s1. The zero-order chi connectivity index (χ0) is 23.2. The zero-order valence-corrected chi connectivity index (χ0v) is 18.0. The molecule has 2 fully saturated rings. The van der Waals surface area contributed by atoms with Gasteiger partial charge in [0.15, 0.2) is 12.4 Å². The van der Waals surface area contributed by atoms with E-state index in [1.54, 1.807) is 60.7 Å². The van der Waals surface area contributed by atoms with Crippen molar-refractivity contribution in [2.24, 2.45) is 0 Å². The van der Waals surface area contributed by atoms with Crippen molar-refractivity contribution < 1.29 is 38.1 Å². The number of rotatable bonds is 7. The molecule has 2 heterocycles. The Kier molecular flexibility index (Phi) is 7.33. The average molecular weight is 455 g/mol. The predicted octanol–water partition coefficient (Wildman–Crippen LogP) is 1.71. The molecule has 2 aliphatic heterocycles. The van der Waals surface area contributed by atoms with Gasteiger partial charge < -0.3 is 29.0 Å². The molecule has 2 aliphatic rings. The highest BCUT2D eigenvalue weighted by Gasteiger charge is 2.52. The fourth-order valence-corrected chi connectivity index (χ4v) is 3.84. The number of carbonyl (C=O) groups is 3. The second-order valence-corrected chi connectivity index (χ2v) is 7.68. The van der Waals surface area contributed by atoms with Gasteiger partial charge in [0, 0.05) is 6.92 Å². The molecule has 174 valence electrons. The topological polar surface area (TPSA) is 109 Å². The van der Waals surface area contributed by atoms with E-state index in [4.69, 9.17) is 23.7 Å². The van der Waals surface area contributed by atoms with Gasteiger partial charge in [0.25, 0.3) is 0 Å². The minimum atomic E-state index is -0.926. The lowest BCUT2D eigenvalue weighted by atomic mass is 10.0. The first-order valence-corrected chi connectivity index (χ1v) is 10.7. The molecule has 0 aromatic heterocycles. The van der Waals surface area contributed by atoms with Gasteiger partial charge in [0.2, 0.25) is 5.91 Å². The third-order valence-corrected chi connectivity index (χ3v) is 5.34. The number of amides is 1. The van der Waals surface area contributed by atoms with Crippen LogP contribution in [-0.4, -0.2) is 68.3 Å². The highest BCUT2D eigenvalue weighted by Crippen LogP contribution is 2.31. The Labute approximate surface area is 190 Å². The Morgan fingerprint density at radius 2 is 1.48 bits per heavy atom. The van der Waals surface area contributed by atoms with E-state index in [-0.39, 0.29) is 12.5 Å². The van der Waals surface area contributed by atoms with Crippen LogP contribution in [0.3, 0.4) is 0 Å². The van der Waals surface area contributed by atoms with E-state index in [1.807, 2.05) is 0 Å². The van der Waals surface area contributed by atoms with Crippen LogP contribution in [0.25, 0.3) is 0 Å².